The molecule has 0 bridgehead atoms. The third-order valence-corrected chi connectivity index (χ3v) is 6.17. The first-order chi connectivity index (χ1) is 17.4. The molecular formula is C25H26N7O4+. The molecule has 2 aromatic carbocycles. The van der Waals surface area contributed by atoms with Gasteiger partial charge in [-0.05, 0) is 41.4 Å². The Hall–Kier alpha value is -4.38. The molecule has 184 valence electrons. The number of guanidine groups is 1. The number of nitrogens with zero attached hydrogens (tertiary/aromatic N) is 6. The van der Waals surface area contributed by atoms with Crippen LogP contribution in [0.3, 0.4) is 0 Å². The molecule has 0 saturated carbocycles. The summed E-state index contributed by atoms with van der Waals surface area (Å²) in [5.41, 5.74) is 0.0816. The van der Waals surface area contributed by atoms with Crippen molar-refractivity contribution in [3.8, 4) is 11.5 Å². The quantitative estimate of drug-likeness (QED) is 0.485. The second-order valence-electron chi connectivity index (χ2n) is 8.65. The van der Waals surface area contributed by atoms with Crippen LogP contribution >= 0.6 is 0 Å². The molecule has 1 amide bonds. The normalized spacial score (nSPS) is 15.2. The summed E-state index contributed by atoms with van der Waals surface area (Å²) in [6, 6.07) is 16.7. The third-order valence-electron chi connectivity index (χ3n) is 6.17. The van der Waals surface area contributed by atoms with Crippen LogP contribution in [0.2, 0.25) is 0 Å². The molecule has 2 aliphatic rings. The van der Waals surface area contributed by atoms with E-state index in [2.05, 4.69) is 20.2 Å². The average molecular weight is 489 g/mol. The molecule has 3 heterocycles. The summed E-state index contributed by atoms with van der Waals surface area (Å²) in [5.74, 6) is 1.76. The van der Waals surface area contributed by atoms with Crippen molar-refractivity contribution in [1.82, 2.24) is 14.0 Å². The minimum Gasteiger partial charge on any atom is -0.457 e. The highest BCUT2D eigenvalue weighted by Crippen LogP contribution is 2.22. The Labute approximate surface area is 205 Å². The molecule has 1 saturated heterocycles. The van der Waals surface area contributed by atoms with Gasteiger partial charge in [0.1, 0.15) is 11.5 Å². The predicted octanol–water partition coefficient (Wildman–Crippen LogP) is -0.548. The SMILES string of the molecule is Cn1c(=O)c2c(n(C)c1=O)=NC(=[N+]1CCN(CC(=O)Nc3ccc(Oc4ccccc4)cc3)CC1)N=2. The van der Waals surface area contributed by atoms with Gasteiger partial charge in [0, 0.05) is 32.9 Å². The van der Waals surface area contributed by atoms with Gasteiger partial charge in [0.2, 0.25) is 5.91 Å². The number of aromatic nitrogens is 2. The van der Waals surface area contributed by atoms with Crippen molar-refractivity contribution in [2.75, 3.05) is 38.0 Å². The molecule has 3 aromatic rings. The molecule has 0 atom stereocenters. The van der Waals surface area contributed by atoms with Gasteiger partial charge in [-0.2, -0.15) is 0 Å². The van der Waals surface area contributed by atoms with Gasteiger partial charge < -0.3 is 10.1 Å². The number of nitrogens with one attached hydrogen (secondary N) is 1. The lowest BCUT2D eigenvalue weighted by atomic mass is 10.3. The molecule has 0 unspecified atom stereocenters. The van der Waals surface area contributed by atoms with Crippen molar-refractivity contribution in [2.24, 2.45) is 24.1 Å². The van der Waals surface area contributed by atoms with E-state index < -0.39 is 11.2 Å². The van der Waals surface area contributed by atoms with E-state index in [-0.39, 0.29) is 23.3 Å². The first-order valence-corrected chi connectivity index (χ1v) is 11.6. The number of anilines is 1. The fourth-order valence-corrected chi connectivity index (χ4v) is 4.14. The van der Waals surface area contributed by atoms with E-state index in [0.717, 1.165) is 10.3 Å². The van der Waals surface area contributed by atoms with Crippen molar-refractivity contribution in [1.29, 1.82) is 0 Å². The van der Waals surface area contributed by atoms with Crippen LogP contribution in [0.4, 0.5) is 5.69 Å². The zero-order chi connectivity index (χ0) is 25.2. The number of fused-ring (bicyclic) bond motifs is 1. The second kappa shape index (κ2) is 9.70. The van der Waals surface area contributed by atoms with Crippen molar-refractivity contribution in [3.05, 3.63) is 86.3 Å². The highest BCUT2D eigenvalue weighted by molar-refractivity contribution is 5.92. The van der Waals surface area contributed by atoms with Gasteiger partial charge >= 0.3 is 17.2 Å². The van der Waals surface area contributed by atoms with Crippen LogP contribution < -0.4 is 32.1 Å². The molecule has 2 aliphatic heterocycles. The zero-order valence-corrected chi connectivity index (χ0v) is 20.0. The maximum atomic E-state index is 12.6. The molecule has 1 N–H and O–H groups in total. The summed E-state index contributed by atoms with van der Waals surface area (Å²) >= 11 is 0. The summed E-state index contributed by atoms with van der Waals surface area (Å²) in [6.07, 6.45) is 0. The van der Waals surface area contributed by atoms with E-state index >= 15 is 0 Å². The molecule has 36 heavy (non-hydrogen) atoms. The Morgan fingerprint density at radius 1 is 0.944 bits per heavy atom. The van der Waals surface area contributed by atoms with Crippen LogP contribution in [-0.4, -0.2) is 63.2 Å². The van der Waals surface area contributed by atoms with Gasteiger partial charge in [-0.15, -0.1) is 0 Å². The monoisotopic (exact) mass is 488 g/mol. The number of benzene rings is 2. The summed E-state index contributed by atoms with van der Waals surface area (Å²) in [7, 11) is 3.00. The first kappa shape index (κ1) is 23.4. The number of piperazine rings is 1. The maximum absolute atomic E-state index is 12.6. The number of hydrogen-bond donors (Lipinski definition) is 1. The average Bonchev–Trinajstić information content (AvgIpc) is 3.34. The first-order valence-electron chi connectivity index (χ1n) is 11.6. The molecule has 0 aliphatic carbocycles. The lowest BCUT2D eigenvalue weighted by molar-refractivity contribution is -0.541. The van der Waals surface area contributed by atoms with E-state index in [4.69, 9.17) is 4.74 Å². The largest absolute Gasteiger partial charge is 0.457 e. The van der Waals surface area contributed by atoms with Crippen LogP contribution in [-0.2, 0) is 18.9 Å². The van der Waals surface area contributed by atoms with Crippen LogP contribution in [0.5, 0.6) is 11.5 Å². The van der Waals surface area contributed by atoms with Crippen molar-refractivity contribution in [2.45, 2.75) is 0 Å². The summed E-state index contributed by atoms with van der Waals surface area (Å²) in [4.78, 5) is 48.0. The van der Waals surface area contributed by atoms with Crippen LogP contribution in [0, 0.1) is 0 Å². The van der Waals surface area contributed by atoms with E-state index in [1.807, 2.05) is 59.2 Å². The number of hydrogen-bond acceptors (Lipinski definition) is 5. The van der Waals surface area contributed by atoms with Gasteiger partial charge in [-0.25, -0.2) is 4.79 Å². The van der Waals surface area contributed by atoms with Crippen LogP contribution in [0.25, 0.3) is 0 Å². The molecule has 0 spiro atoms. The van der Waals surface area contributed by atoms with Gasteiger partial charge in [0.25, 0.3) is 10.8 Å². The van der Waals surface area contributed by atoms with E-state index in [1.54, 1.807) is 7.05 Å². The Morgan fingerprint density at radius 2 is 1.61 bits per heavy atom. The van der Waals surface area contributed by atoms with Crippen molar-refractivity contribution in [3.63, 3.8) is 0 Å². The number of amides is 1. The fourth-order valence-electron chi connectivity index (χ4n) is 4.14. The highest BCUT2D eigenvalue weighted by atomic mass is 16.5. The maximum Gasteiger partial charge on any atom is 0.431 e. The third kappa shape index (κ3) is 4.73. The van der Waals surface area contributed by atoms with Gasteiger partial charge in [0.05, 0.1) is 19.6 Å². The van der Waals surface area contributed by atoms with Crippen molar-refractivity contribution >= 4 is 17.6 Å². The van der Waals surface area contributed by atoms with Crippen molar-refractivity contribution < 1.29 is 14.1 Å². The molecule has 1 fully saturated rings. The van der Waals surface area contributed by atoms with Gasteiger partial charge in [-0.3, -0.25) is 28.2 Å². The lowest BCUT2D eigenvalue weighted by Gasteiger charge is -2.26. The van der Waals surface area contributed by atoms with Crippen LogP contribution in [0.1, 0.15) is 0 Å². The molecule has 1 aromatic heterocycles. The Morgan fingerprint density at radius 3 is 2.31 bits per heavy atom. The molecule has 11 nitrogen and oxygen atoms in total. The minimum absolute atomic E-state index is 0.103. The fraction of sp³-hybridized carbons (Fsp3) is 0.280. The number of rotatable bonds is 5. The summed E-state index contributed by atoms with van der Waals surface area (Å²) in [5, 5.41) is 3.10. The van der Waals surface area contributed by atoms with E-state index in [0.29, 0.717) is 43.6 Å². The number of carbonyl (C=O) groups is 1. The summed E-state index contributed by atoms with van der Waals surface area (Å²) in [6.45, 7) is 2.74. The lowest BCUT2D eigenvalue weighted by Crippen LogP contribution is -2.55. The van der Waals surface area contributed by atoms with Gasteiger partial charge in [0.15, 0.2) is 0 Å². The summed E-state index contributed by atoms with van der Waals surface area (Å²) < 4.78 is 10.1. The molecule has 11 heteroatoms. The number of carbonyl (C=O) groups excluding carboxylic acids is 1. The number of ether oxygens (including phenoxy) is 1. The standard InChI is InChI=1S/C25H25N7O4/c1-29-22-21(23(34)30(2)25(29)35)27-24(28-22)32-14-12-31(13-15-32)16-20(33)26-17-8-10-19(11-9-17)36-18-6-4-3-5-7-18/h3-11H,12-16H2,1-2H3/p+1. The molecular weight excluding hydrogens is 462 g/mol. The smallest absolute Gasteiger partial charge is 0.431 e. The highest BCUT2D eigenvalue weighted by Gasteiger charge is 2.27. The zero-order valence-electron chi connectivity index (χ0n) is 20.0. The van der Waals surface area contributed by atoms with E-state index in [1.165, 1.54) is 11.6 Å². The topological polar surface area (TPSA) is 113 Å². The second-order valence-corrected chi connectivity index (χ2v) is 8.65. The number of para-hydroxylation sites is 1. The Bertz CT molecular complexity index is 1580. The van der Waals surface area contributed by atoms with Crippen LogP contribution in [0.15, 0.2) is 74.2 Å². The van der Waals surface area contributed by atoms with Gasteiger partial charge in [-0.1, -0.05) is 23.2 Å². The minimum atomic E-state index is -0.457. The Balaban J connectivity index is 1.18. The molecule has 0 radical (unpaired) electrons. The van der Waals surface area contributed by atoms with E-state index in [9.17, 15) is 14.4 Å². The Kier molecular flexibility index (Phi) is 6.30. The molecule has 5 rings (SSSR count). The predicted molar refractivity (Wildman–Crippen MR) is 132 cm³/mol.